The van der Waals surface area contributed by atoms with Gasteiger partial charge in [-0.15, -0.1) is 0 Å². The molecule has 2 atom stereocenters. The van der Waals surface area contributed by atoms with Crippen molar-refractivity contribution in [3.05, 3.63) is 5.53 Å². The monoisotopic (exact) mass is 299 g/mol. The third-order valence-corrected chi connectivity index (χ3v) is 2.56. The predicted octanol–water partition coefficient (Wildman–Crippen LogP) is 0.108. The maximum Gasteiger partial charge on any atom is 0.328 e. The summed E-state index contributed by atoms with van der Waals surface area (Å²) in [5.74, 6) is -1.57. The van der Waals surface area contributed by atoms with E-state index in [2.05, 4.69) is 10.1 Å². The van der Waals surface area contributed by atoms with Crippen LogP contribution < -0.4 is 5.32 Å². The van der Waals surface area contributed by atoms with Crippen LogP contribution in [0.2, 0.25) is 0 Å². The van der Waals surface area contributed by atoms with Crippen LogP contribution in [0.4, 0.5) is 0 Å². The summed E-state index contributed by atoms with van der Waals surface area (Å²) in [5, 5.41) is 2.47. The zero-order valence-electron chi connectivity index (χ0n) is 12.7. The fraction of sp³-hybridized carbons (Fsp3) is 0.692. The van der Waals surface area contributed by atoms with Gasteiger partial charge in [0, 0.05) is 13.5 Å². The molecule has 0 aromatic heterocycles. The van der Waals surface area contributed by atoms with Crippen molar-refractivity contribution in [3.8, 4) is 0 Å². The van der Waals surface area contributed by atoms with Crippen molar-refractivity contribution in [1.82, 2.24) is 5.32 Å². The Morgan fingerprint density at radius 1 is 1.29 bits per heavy atom. The Morgan fingerprint density at radius 3 is 2.38 bits per heavy atom. The van der Waals surface area contributed by atoms with Crippen molar-refractivity contribution in [2.75, 3.05) is 7.11 Å². The second-order valence-electron chi connectivity index (χ2n) is 4.67. The average Bonchev–Trinajstić information content (AvgIpc) is 2.41. The summed E-state index contributed by atoms with van der Waals surface area (Å²) in [5.41, 5.74) is 8.25. The van der Waals surface area contributed by atoms with E-state index in [1.807, 2.05) is 0 Å². The van der Waals surface area contributed by atoms with Crippen LogP contribution in [-0.2, 0) is 23.9 Å². The lowest BCUT2D eigenvalue weighted by atomic mass is 10.1. The van der Waals surface area contributed by atoms with Gasteiger partial charge in [0.25, 0.3) is 0 Å². The van der Waals surface area contributed by atoms with E-state index < -0.39 is 29.8 Å². The second kappa shape index (κ2) is 9.79. The standard InChI is InChI=1S/C13H21N3O5/c1-8(2)21-13(19)11(6-5-10(17)7-15-14)16-12(18)9(3)20-4/h7-9,11H,5-6H2,1-4H3,(H,16,18)/t9-,11?/m0/s1. The summed E-state index contributed by atoms with van der Waals surface area (Å²) in [6, 6.07) is -0.964. The van der Waals surface area contributed by atoms with E-state index in [1.54, 1.807) is 13.8 Å². The Hall–Kier alpha value is -2.05. The molecule has 0 heterocycles. The van der Waals surface area contributed by atoms with Gasteiger partial charge in [-0.05, 0) is 27.2 Å². The number of rotatable bonds is 9. The number of amides is 1. The largest absolute Gasteiger partial charge is 0.461 e. The lowest BCUT2D eigenvalue weighted by Gasteiger charge is -2.20. The Bertz CT molecular complexity index is 430. The van der Waals surface area contributed by atoms with E-state index >= 15 is 0 Å². The number of carbonyl (C=O) groups is 3. The molecule has 0 bridgehead atoms. The highest BCUT2D eigenvalue weighted by Gasteiger charge is 2.26. The summed E-state index contributed by atoms with van der Waals surface area (Å²) >= 11 is 0. The Kier molecular flexibility index (Phi) is 8.84. The molecule has 1 amide bonds. The molecule has 0 aliphatic heterocycles. The second-order valence-corrected chi connectivity index (χ2v) is 4.67. The molecule has 0 aromatic rings. The molecule has 0 aliphatic carbocycles. The molecule has 0 aliphatic rings. The fourth-order valence-electron chi connectivity index (χ4n) is 1.38. The smallest absolute Gasteiger partial charge is 0.328 e. The minimum absolute atomic E-state index is 0.0403. The number of nitrogens with one attached hydrogen (secondary N) is 1. The van der Waals surface area contributed by atoms with Gasteiger partial charge in [-0.1, -0.05) is 0 Å². The van der Waals surface area contributed by atoms with E-state index in [4.69, 9.17) is 15.0 Å². The summed E-state index contributed by atoms with van der Waals surface area (Å²) < 4.78 is 9.88. The van der Waals surface area contributed by atoms with E-state index in [-0.39, 0.29) is 18.9 Å². The molecule has 8 nitrogen and oxygen atoms in total. The molecular weight excluding hydrogens is 278 g/mol. The van der Waals surface area contributed by atoms with Crippen LogP contribution in [0.1, 0.15) is 33.6 Å². The Labute approximate surface area is 123 Å². The lowest BCUT2D eigenvalue weighted by Crippen LogP contribution is -2.46. The molecule has 0 saturated carbocycles. The first-order valence-electron chi connectivity index (χ1n) is 6.55. The molecule has 0 aromatic carbocycles. The molecular formula is C13H21N3O5. The molecule has 0 radical (unpaired) electrons. The van der Waals surface area contributed by atoms with E-state index in [1.165, 1.54) is 14.0 Å². The van der Waals surface area contributed by atoms with Crippen LogP contribution >= 0.6 is 0 Å². The topological polar surface area (TPSA) is 118 Å². The van der Waals surface area contributed by atoms with Crippen molar-refractivity contribution < 1.29 is 28.6 Å². The maximum absolute atomic E-state index is 11.9. The van der Waals surface area contributed by atoms with Gasteiger partial charge in [-0.3, -0.25) is 9.59 Å². The molecule has 0 spiro atoms. The SMILES string of the molecule is CO[C@@H](C)C(=O)NC(CCC(=O)C=[N+]=[N-])C(=O)OC(C)C. The average molecular weight is 299 g/mol. The molecule has 0 fully saturated rings. The number of hydrogen-bond donors (Lipinski definition) is 1. The first-order chi connectivity index (χ1) is 9.81. The lowest BCUT2D eigenvalue weighted by molar-refractivity contribution is -0.152. The highest BCUT2D eigenvalue weighted by atomic mass is 16.5. The van der Waals surface area contributed by atoms with Gasteiger partial charge in [0.2, 0.25) is 11.7 Å². The van der Waals surface area contributed by atoms with Gasteiger partial charge >= 0.3 is 12.2 Å². The minimum Gasteiger partial charge on any atom is -0.461 e. The van der Waals surface area contributed by atoms with Crippen molar-refractivity contribution in [3.63, 3.8) is 0 Å². The summed E-state index contributed by atoms with van der Waals surface area (Å²) in [6.45, 7) is 4.89. The zero-order valence-corrected chi connectivity index (χ0v) is 12.7. The van der Waals surface area contributed by atoms with Gasteiger partial charge in [0.1, 0.15) is 12.1 Å². The molecule has 1 N–H and O–H groups in total. The van der Waals surface area contributed by atoms with Gasteiger partial charge in [-0.2, -0.15) is 4.79 Å². The Morgan fingerprint density at radius 2 is 1.90 bits per heavy atom. The van der Waals surface area contributed by atoms with Crippen LogP contribution in [0, 0.1) is 0 Å². The highest BCUT2D eigenvalue weighted by Crippen LogP contribution is 2.04. The van der Waals surface area contributed by atoms with Crippen molar-refractivity contribution in [1.29, 1.82) is 0 Å². The maximum atomic E-state index is 11.9. The van der Waals surface area contributed by atoms with Crippen molar-refractivity contribution >= 4 is 23.9 Å². The van der Waals surface area contributed by atoms with E-state index in [0.717, 1.165) is 6.21 Å². The third kappa shape index (κ3) is 7.96. The van der Waals surface area contributed by atoms with Gasteiger partial charge in [-0.25, -0.2) is 4.79 Å². The predicted molar refractivity (Wildman–Crippen MR) is 73.6 cm³/mol. The number of carbonyl (C=O) groups excluding carboxylic acids is 3. The number of ketones is 1. The van der Waals surface area contributed by atoms with Crippen molar-refractivity contribution in [2.45, 2.75) is 51.9 Å². The van der Waals surface area contributed by atoms with Crippen LogP contribution in [0.15, 0.2) is 0 Å². The number of methoxy groups -OCH3 is 1. The van der Waals surface area contributed by atoms with Gasteiger partial charge in [0.05, 0.1) is 6.10 Å². The Balaban J connectivity index is 4.75. The number of nitrogens with zero attached hydrogens (tertiary/aromatic N) is 2. The van der Waals surface area contributed by atoms with Gasteiger partial charge < -0.3 is 20.3 Å². The molecule has 8 heteroatoms. The summed E-state index contributed by atoms with van der Waals surface area (Å²) in [7, 11) is 1.37. The van der Waals surface area contributed by atoms with Crippen LogP contribution in [0.5, 0.6) is 0 Å². The minimum atomic E-state index is -0.964. The number of Topliss-reactive ketones (excluding diaryl/α,β-unsaturated/α-hetero) is 1. The first-order valence-corrected chi connectivity index (χ1v) is 6.55. The molecule has 0 saturated heterocycles. The molecule has 0 rings (SSSR count). The quantitative estimate of drug-likeness (QED) is 0.280. The first kappa shape index (κ1) is 18.9. The fourth-order valence-corrected chi connectivity index (χ4v) is 1.38. The van der Waals surface area contributed by atoms with Crippen LogP contribution in [-0.4, -0.2) is 54.0 Å². The van der Waals surface area contributed by atoms with E-state index in [9.17, 15) is 14.4 Å². The van der Waals surface area contributed by atoms with E-state index in [0.29, 0.717) is 0 Å². The summed E-state index contributed by atoms with van der Waals surface area (Å²) in [4.78, 5) is 37.5. The molecule has 21 heavy (non-hydrogen) atoms. The zero-order chi connectivity index (χ0) is 16.4. The molecule has 1 unspecified atom stereocenters. The normalized spacial score (nSPS) is 13.0. The third-order valence-electron chi connectivity index (χ3n) is 2.56. The summed E-state index contributed by atoms with van der Waals surface area (Å²) in [6.07, 6.45) is -0.354. The molecule has 118 valence electrons. The highest BCUT2D eigenvalue weighted by molar-refractivity contribution is 6.25. The number of esters is 1. The van der Waals surface area contributed by atoms with Crippen LogP contribution in [0.25, 0.3) is 5.53 Å². The number of ether oxygens (including phenoxy) is 2. The number of hydrogen-bond acceptors (Lipinski definition) is 5. The van der Waals surface area contributed by atoms with Gasteiger partial charge in [0.15, 0.2) is 0 Å². The van der Waals surface area contributed by atoms with Crippen molar-refractivity contribution in [2.24, 2.45) is 0 Å². The van der Waals surface area contributed by atoms with Crippen LogP contribution in [0.3, 0.4) is 0 Å².